The molecule has 0 saturated heterocycles. The van der Waals surface area contributed by atoms with Gasteiger partial charge in [0, 0.05) is 36.4 Å². The van der Waals surface area contributed by atoms with Gasteiger partial charge in [0.05, 0.1) is 21.8 Å². The summed E-state index contributed by atoms with van der Waals surface area (Å²) in [5, 5.41) is 18.6. The van der Waals surface area contributed by atoms with E-state index in [9.17, 15) is 33.3 Å². The Morgan fingerprint density at radius 2 is 1.61 bits per heavy atom. The van der Waals surface area contributed by atoms with Gasteiger partial charge in [-0.2, -0.15) is 5.10 Å². The largest absolute Gasteiger partial charge is 0.514 e. The van der Waals surface area contributed by atoms with Crippen molar-refractivity contribution in [3.8, 4) is 5.75 Å². The van der Waals surface area contributed by atoms with Crippen LogP contribution in [0.1, 0.15) is 130 Å². The van der Waals surface area contributed by atoms with Gasteiger partial charge in [-0.3, -0.25) is 15.1 Å². The van der Waals surface area contributed by atoms with Crippen LogP contribution in [0, 0.1) is 10.1 Å². The Balaban J connectivity index is 1.57. The molecule has 1 aliphatic rings. The highest BCUT2D eigenvalue weighted by Crippen LogP contribution is 2.40. The zero-order valence-corrected chi connectivity index (χ0v) is 34.1. The number of nitrogens with one attached hydrogen (secondary N) is 1. The fourth-order valence-corrected chi connectivity index (χ4v) is 6.16. The Bertz CT molecular complexity index is 1880. The highest BCUT2D eigenvalue weighted by atomic mass is 19.3. The maximum absolute atomic E-state index is 14.4. The van der Waals surface area contributed by atoms with Gasteiger partial charge in [0.15, 0.2) is 0 Å². The number of hydrogen-bond acceptors (Lipinski definition) is 11. The van der Waals surface area contributed by atoms with Gasteiger partial charge in [-0.25, -0.2) is 32.7 Å². The summed E-state index contributed by atoms with van der Waals surface area (Å²) in [5.74, 6) is 0.191. The van der Waals surface area contributed by atoms with E-state index in [-0.39, 0.29) is 23.0 Å². The number of nitro groups is 1. The van der Waals surface area contributed by atoms with E-state index >= 15 is 0 Å². The van der Waals surface area contributed by atoms with E-state index in [4.69, 9.17) is 24.0 Å². The van der Waals surface area contributed by atoms with Crippen LogP contribution in [-0.2, 0) is 26.2 Å². The van der Waals surface area contributed by atoms with E-state index < -0.39 is 58.2 Å². The van der Waals surface area contributed by atoms with Crippen LogP contribution in [0.3, 0.4) is 0 Å². The van der Waals surface area contributed by atoms with E-state index in [1.165, 1.54) is 35.2 Å². The van der Waals surface area contributed by atoms with Crippen molar-refractivity contribution in [3.63, 3.8) is 0 Å². The SMILES string of the molecule is CC(C)(C)OC(=O)NCCCCCc1cc(N(C(=O)OC(C)(C)C)c2cc([C@H]3CC[C@@H](OC(=O)Oc4ccc([N+](=O)[O-])cc4)C3)nn2C(C)(C)C)cc(C(F)F)n1. The monoisotopic (exact) mass is 800 g/mol. The number of halogens is 2. The number of unbranched alkanes of at least 4 members (excludes halogenated alkanes) is 2. The zero-order valence-electron chi connectivity index (χ0n) is 34.1. The van der Waals surface area contributed by atoms with Crippen molar-refractivity contribution in [2.45, 2.75) is 142 Å². The lowest BCUT2D eigenvalue weighted by molar-refractivity contribution is -0.384. The number of pyridine rings is 1. The van der Waals surface area contributed by atoms with Gasteiger partial charge in [-0.15, -0.1) is 0 Å². The lowest BCUT2D eigenvalue weighted by Gasteiger charge is -2.31. The van der Waals surface area contributed by atoms with Crippen molar-refractivity contribution in [2.24, 2.45) is 0 Å². The molecule has 1 saturated carbocycles. The number of nitro benzene ring substituents is 1. The molecule has 17 heteroatoms. The number of alkyl carbamates (subject to hydrolysis) is 1. The molecule has 0 radical (unpaired) electrons. The first-order chi connectivity index (χ1) is 26.5. The molecule has 312 valence electrons. The van der Waals surface area contributed by atoms with Crippen LogP contribution < -0.4 is 15.0 Å². The average Bonchev–Trinajstić information content (AvgIpc) is 3.73. The van der Waals surface area contributed by atoms with Gasteiger partial charge >= 0.3 is 18.3 Å². The van der Waals surface area contributed by atoms with Gasteiger partial charge in [0.2, 0.25) is 0 Å². The van der Waals surface area contributed by atoms with Crippen molar-refractivity contribution >= 4 is 35.5 Å². The topological polar surface area (TPSA) is 177 Å². The summed E-state index contributed by atoms with van der Waals surface area (Å²) in [4.78, 5) is 54.5. The molecule has 15 nitrogen and oxygen atoms in total. The normalized spacial score (nSPS) is 15.9. The van der Waals surface area contributed by atoms with Crippen LogP contribution in [0.2, 0.25) is 0 Å². The molecule has 3 aromatic rings. The van der Waals surface area contributed by atoms with Gasteiger partial charge in [0.25, 0.3) is 12.1 Å². The number of ether oxygens (including phenoxy) is 4. The highest BCUT2D eigenvalue weighted by molar-refractivity contribution is 5.95. The summed E-state index contributed by atoms with van der Waals surface area (Å²) in [5.41, 5.74) is -1.79. The summed E-state index contributed by atoms with van der Waals surface area (Å²) in [6.45, 7) is 16.5. The summed E-state index contributed by atoms with van der Waals surface area (Å²) in [7, 11) is 0. The number of aryl methyl sites for hydroxylation is 1. The molecule has 2 amide bonds. The molecule has 0 bridgehead atoms. The smallest absolute Gasteiger partial charge is 0.444 e. The number of hydrogen-bond donors (Lipinski definition) is 1. The molecule has 1 fully saturated rings. The number of aromatic nitrogens is 3. The van der Waals surface area contributed by atoms with E-state index in [0.717, 1.165) is 0 Å². The van der Waals surface area contributed by atoms with Gasteiger partial charge in [-0.05, 0) is 125 Å². The number of carbonyl (C=O) groups excluding carboxylic acids is 3. The van der Waals surface area contributed by atoms with Crippen molar-refractivity contribution in [2.75, 3.05) is 11.4 Å². The molecule has 57 heavy (non-hydrogen) atoms. The Labute approximate surface area is 331 Å². The molecule has 2 aromatic heterocycles. The average molecular weight is 801 g/mol. The number of non-ortho nitro benzene ring substituents is 1. The van der Waals surface area contributed by atoms with Crippen LogP contribution in [-0.4, -0.2) is 61.9 Å². The lowest BCUT2D eigenvalue weighted by Crippen LogP contribution is -2.37. The van der Waals surface area contributed by atoms with Crippen LogP contribution in [0.15, 0.2) is 42.5 Å². The Kier molecular flexibility index (Phi) is 14.2. The fourth-order valence-electron chi connectivity index (χ4n) is 6.16. The molecule has 0 aliphatic heterocycles. The first-order valence-corrected chi connectivity index (χ1v) is 19.0. The number of alkyl halides is 2. The second-order valence-electron chi connectivity index (χ2n) is 17.0. The lowest BCUT2D eigenvalue weighted by atomic mass is 10.0. The molecule has 1 aromatic carbocycles. The molecule has 0 spiro atoms. The third-order valence-corrected chi connectivity index (χ3v) is 8.61. The number of nitrogens with zero attached hydrogens (tertiary/aromatic N) is 5. The Hall–Kier alpha value is -5.35. The third kappa shape index (κ3) is 13.4. The van der Waals surface area contributed by atoms with E-state index in [1.54, 1.807) is 58.4 Å². The minimum Gasteiger partial charge on any atom is -0.444 e. The minimum atomic E-state index is -2.92. The summed E-state index contributed by atoms with van der Waals surface area (Å²) in [6.07, 6.45) is -2.01. The second-order valence-corrected chi connectivity index (χ2v) is 17.0. The Morgan fingerprint density at radius 3 is 2.21 bits per heavy atom. The van der Waals surface area contributed by atoms with Crippen molar-refractivity contribution < 1.29 is 47.0 Å². The molecular formula is C40H54F2N6O9. The van der Waals surface area contributed by atoms with E-state index in [0.29, 0.717) is 68.7 Å². The van der Waals surface area contributed by atoms with Crippen LogP contribution in [0.25, 0.3) is 0 Å². The summed E-state index contributed by atoms with van der Waals surface area (Å²) >= 11 is 0. The molecule has 0 unspecified atom stereocenters. The molecule has 2 heterocycles. The quantitative estimate of drug-likeness (QED) is 0.0434. The predicted octanol–water partition coefficient (Wildman–Crippen LogP) is 10.0. The Morgan fingerprint density at radius 1 is 0.947 bits per heavy atom. The summed E-state index contributed by atoms with van der Waals surface area (Å²) < 4.78 is 52.3. The first-order valence-electron chi connectivity index (χ1n) is 19.0. The van der Waals surface area contributed by atoms with E-state index in [1.807, 2.05) is 20.8 Å². The summed E-state index contributed by atoms with van der Waals surface area (Å²) in [6, 6.07) is 9.56. The number of amides is 2. The number of anilines is 2. The van der Waals surface area contributed by atoms with Crippen molar-refractivity contribution in [1.82, 2.24) is 20.1 Å². The van der Waals surface area contributed by atoms with Crippen molar-refractivity contribution in [1.29, 1.82) is 0 Å². The molecule has 1 N–H and O–H groups in total. The highest BCUT2D eigenvalue weighted by Gasteiger charge is 2.36. The maximum Gasteiger partial charge on any atom is 0.514 e. The van der Waals surface area contributed by atoms with Gasteiger partial charge in [-0.1, -0.05) is 6.42 Å². The van der Waals surface area contributed by atoms with Crippen molar-refractivity contribution in [3.05, 3.63) is 69.7 Å². The minimum absolute atomic E-state index is 0.0952. The molecular weight excluding hydrogens is 746 g/mol. The first kappa shape index (κ1) is 44.4. The zero-order chi connectivity index (χ0) is 42.3. The molecule has 2 atom stereocenters. The maximum atomic E-state index is 14.4. The standard InChI is InChI=1S/C40H54F2N6O9/c1-38(2,3)47-33(24-31(45-47)25-14-17-30(21-25)55-37(51)54-29-18-15-27(16-19-29)48(52)53)46(36(50)57-40(7,8)9)28-22-26(44-32(23-28)34(41)42)13-11-10-12-20-43-35(49)56-39(4,5)6/h15-16,18-19,22-25,30,34H,10-14,17,20-21H2,1-9H3,(H,43,49)/t25-,30+/m0/s1. The molecule has 4 rings (SSSR count). The predicted molar refractivity (Wildman–Crippen MR) is 207 cm³/mol. The number of benzene rings is 1. The van der Waals surface area contributed by atoms with Crippen LogP contribution >= 0.6 is 0 Å². The van der Waals surface area contributed by atoms with Gasteiger partial charge < -0.3 is 24.3 Å². The fraction of sp³-hybridized carbons (Fsp3) is 0.575. The van der Waals surface area contributed by atoms with Gasteiger partial charge in [0.1, 0.15) is 34.6 Å². The molecule has 1 aliphatic carbocycles. The number of carbonyl (C=O) groups is 3. The number of rotatable bonds is 13. The van der Waals surface area contributed by atoms with Crippen LogP contribution in [0.4, 0.5) is 40.4 Å². The third-order valence-electron chi connectivity index (χ3n) is 8.61. The van der Waals surface area contributed by atoms with Crippen LogP contribution in [0.5, 0.6) is 5.75 Å². The second kappa shape index (κ2) is 18.3. The van der Waals surface area contributed by atoms with E-state index in [2.05, 4.69) is 10.3 Å².